The SMILES string of the molecule is CCC(CC)Cc1cc[nH]c1. The Balaban J connectivity index is 2.41. The monoisotopic (exact) mass is 151 g/mol. The molecule has 1 nitrogen and oxygen atoms in total. The van der Waals surface area contributed by atoms with Gasteiger partial charge in [0.05, 0.1) is 0 Å². The van der Waals surface area contributed by atoms with Crippen molar-refractivity contribution in [1.29, 1.82) is 0 Å². The Morgan fingerprint density at radius 1 is 1.36 bits per heavy atom. The Hall–Kier alpha value is -0.720. The number of hydrogen-bond acceptors (Lipinski definition) is 0. The second kappa shape index (κ2) is 4.22. The van der Waals surface area contributed by atoms with Crippen LogP contribution in [-0.2, 0) is 6.42 Å². The molecule has 0 spiro atoms. The van der Waals surface area contributed by atoms with Gasteiger partial charge in [-0.1, -0.05) is 26.7 Å². The molecule has 0 atom stereocenters. The summed E-state index contributed by atoms with van der Waals surface area (Å²) in [6.07, 6.45) is 7.91. The molecule has 1 aromatic rings. The van der Waals surface area contributed by atoms with E-state index in [1.165, 1.54) is 24.8 Å². The van der Waals surface area contributed by atoms with Gasteiger partial charge in [-0.25, -0.2) is 0 Å². The fourth-order valence-corrected chi connectivity index (χ4v) is 1.40. The van der Waals surface area contributed by atoms with Crippen LogP contribution < -0.4 is 0 Å². The van der Waals surface area contributed by atoms with E-state index in [-0.39, 0.29) is 0 Å². The minimum absolute atomic E-state index is 0.866. The van der Waals surface area contributed by atoms with Crippen LogP contribution in [0.25, 0.3) is 0 Å². The largest absolute Gasteiger partial charge is 0.367 e. The molecule has 11 heavy (non-hydrogen) atoms. The zero-order valence-electron chi connectivity index (χ0n) is 7.43. The molecule has 0 unspecified atom stereocenters. The predicted octanol–water partition coefficient (Wildman–Crippen LogP) is 2.99. The molecular formula is C10H17N. The van der Waals surface area contributed by atoms with E-state index in [4.69, 9.17) is 0 Å². The summed E-state index contributed by atoms with van der Waals surface area (Å²) in [5.41, 5.74) is 1.44. The number of hydrogen-bond donors (Lipinski definition) is 1. The van der Waals surface area contributed by atoms with Gasteiger partial charge in [-0.3, -0.25) is 0 Å². The fraction of sp³-hybridized carbons (Fsp3) is 0.600. The molecule has 1 aromatic heterocycles. The Bertz CT molecular complexity index is 173. The first-order valence-electron chi connectivity index (χ1n) is 4.48. The highest BCUT2D eigenvalue weighted by molar-refractivity contribution is 5.08. The van der Waals surface area contributed by atoms with Gasteiger partial charge in [-0.15, -0.1) is 0 Å². The summed E-state index contributed by atoms with van der Waals surface area (Å²) in [7, 11) is 0. The fourth-order valence-electron chi connectivity index (χ4n) is 1.40. The molecule has 0 radical (unpaired) electrons. The molecule has 0 saturated carbocycles. The van der Waals surface area contributed by atoms with Gasteiger partial charge in [-0.05, 0) is 24.0 Å². The van der Waals surface area contributed by atoms with E-state index in [9.17, 15) is 0 Å². The highest BCUT2D eigenvalue weighted by atomic mass is 14.6. The maximum absolute atomic E-state index is 3.08. The highest BCUT2D eigenvalue weighted by Crippen LogP contribution is 2.14. The topological polar surface area (TPSA) is 15.8 Å². The van der Waals surface area contributed by atoms with Gasteiger partial charge < -0.3 is 4.98 Å². The van der Waals surface area contributed by atoms with Crippen LogP contribution in [0.15, 0.2) is 18.5 Å². The summed E-state index contributed by atoms with van der Waals surface area (Å²) >= 11 is 0. The second-order valence-corrected chi connectivity index (χ2v) is 3.11. The van der Waals surface area contributed by atoms with Crippen molar-refractivity contribution in [3.63, 3.8) is 0 Å². The molecule has 0 saturated heterocycles. The van der Waals surface area contributed by atoms with E-state index >= 15 is 0 Å². The third kappa shape index (κ3) is 2.41. The summed E-state index contributed by atoms with van der Waals surface area (Å²) in [5.74, 6) is 0.866. The lowest BCUT2D eigenvalue weighted by atomic mass is 9.96. The number of aromatic amines is 1. The molecule has 62 valence electrons. The van der Waals surface area contributed by atoms with Crippen LogP contribution in [0.3, 0.4) is 0 Å². The van der Waals surface area contributed by atoms with Crippen molar-refractivity contribution >= 4 is 0 Å². The van der Waals surface area contributed by atoms with E-state index in [0.717, 1.165) is 5.92 Å². The molecule has 1 heterocycles. The van der Waals surface area contributed by atoms with Gasteiger partial charge in [0.2, 0.25) is 0 Å². The summed E-state index contributed by atoms with van der Waals surface area (Å²) in [6, 6.07) is 2.16. The van der Waals surface area contributed by atoms with Crippen molar-refractivity contribution in [3.05, 3.63) is 24.0 Å². The van der Waals surface area contributed by atoms with Crippen LogP contribution in [-0.4, -0.2) is 4.98 Å². The van der Waals surface area contributed by atoms with Gasteiger partial charge in [0.1, 0.15) is 0 Å². The van der Waals surface area contributed by atoms with E-state index in [2.05, 4.69) is 31.1 Å². The first kappa shape index (κ1) is 8.38. The average molecular weight is 151 g/mol. The number of rotatable bonds is 4. The Kier molecular flexibility index (Phi) is 3.21. The number of H-pyrrole nitrogens is 1. The maximum atomic E-state index is 3.08. The highest BCUT2D eigenvalue weighted by Gasteiger charge is 2.03. The molecule has 1 heteroatoms. The van der Waals surface area contributed by atoms with Crippen LogP contribution in [0.5, 0.6) is 0 Å². The molecule has 0 amide bonds. The summed E-state index contributed by atoms with van der Waals surface area (Å²) < 4.78 is 0. The second-order valence-electron chi connectivity index (χ2n) is 3.11. The molecule has 0 aliphatic heterocycles. The predicted molar refractivity (Wildman–Crippen MR) is 48.6 cm³/mol. The number of nitrogens with one attached hydrogen (secondary N) is 1. The molecule has 1 N–H and O–H groups in total. The molecule has 0 aromatic carbocycles. The van der Waals surface area contributed by atoms with Crippen molar-refractivity contribution < 1.29 is 0 Å². The quantitative estimate of drug-likeness (QED) is 0.681. The van der Waals surface area contributed by atoms with Gasteiger partial charge in [0.25, 0.3) is 0 Å². The first-order chi connectivity index (χ1) is 5.36. The van der Waals surface area contributed by atoms with Crippen LogP contribution in [0.1, 0.15) is 32.3 Å². The van der Waals surface area contributed by atoms with E-state index < -0.39 is 0 Å². The van der Waals surface area contributed by atoms with Crippen LogP contribution in [0, 0.1) is 5.92 Å². The van der Waals surface area contributed by atoms with Crippen molar-refractivity contribution in [2.75, 3.05) is 0 Å². The smallest absolute Gasteiger partial charge is 0.00374 e. The normalized spacial score (nSPS) is 10.8. The number of aromatic nitrogens is 1. The Morgan fingerprint density at radius 3 is 2.55 bits per heavy atom. The minimum Gasteiger partial charge on any atom is -0.367 e. The van der Waals surface area contributed by atoms with Crippen molar-refractivity contribution in [1.82, 2.24) is 4.98 Å². The van der Waals surface area contributed by atoms with E-state index in [1.54, 1.807) is 0 Å². The molecule has 0 bridgehead atoms. The first-order valence-corrected chi connectivity index (χ1v) is 4.48. The molecule has 0 aliphatic rings. The Labute approximate surface area is 68.8 Å². The van der Waals surface area contributed by atoms with Crippen molar-refractivity contribution in [2.24, 2.45) is 5.92 Å². The molecule has 0 aliphatic carbocycles. The average Bonchev–Trinajstić information content (AvgIpc) is 2.52. The van der Waals surface area contributed by atoms with E-state index in [1.807, 2.05) is 6.20 Å². The zero-order valence-corrected chi connectivity index (χ0v) is 7.43. The van der Waals surface area contributed by atoms with Crippen LogP contribution in [0.2, 0.25) is 0 Å². The van der Waals surface area contributed by atoms with Crippen LogP contribution >= 0.6 is 0 Å². The van der Waals surface area contributed by atoms with Crippen molar-refractivity contribution in [3.8, 4) is 0 Å². The molecule has 0 fully saturated rings. The van der Waals surface area contributed by atoms with Crippen molar-refractivity contribution in [2.45, 2.75) is 33.1 Å². The lowest BCUT2D eigenvalue weighted by molar-refractivity contribution is 0.491. The molecule has 1 rings (SSSR count). The summed E-state index contributed by atoms with van der Waals surface area (Å²) in [6.45, 7) is 4.53. The van der Waals surface area contributed by atoms with Gasteiger partial charge in [0.15, 0.2) is 0 Å². The third-order valence-electron chi connectivity index (χ3n) is 2.34. The standard InChI is InChI=1S/C10H17N/c1-3-9(4-2)7-10-5-6-11-8-10/h5-6,8-9,11H,3-4,7H2,1-2H3. The van der Waals surface area contributed by atoms with Gasteiger partial charge >= 0.3 is 0 Å². The Morgan fingerprint density at radius 2 is 2.09 bits per heavy atom. The summed E-state index contributed by atoms with van der Waals surface area (Å²) in [4.78, 5) is 3.08. The summed E-state index contributed by atoms with van der Waals surface area (Å²) in [5, 5.41) is 0. The van der Waals surface area contributed by atoms with Gasteiger partial charge in [-0.2, -0.15) is 0 Å². The third-order valence-corrected chi connectivity index (χ3v) is 2.34. The zero-order chi connectivity index (χ0) is 8.10. The van der Waals surface area contributed by atoms with Gasteiger partial charge in [0, 0.05) is 12.4 Å². The van der Waals surface area contributed by atoms with E-state index in [0.29, 0.717) is 0 Å². The lowest BCUT2D eigenvalue weighted by Gasteiger charge is -2.09. The maximum Gasteiger partial charge on any atom is 0.00374 e. The molecular weight excluding hydrogens is 134 g/mol. The lowest BCUT2D eigenvalue weighted by Crippen LogP contribution is -2.00. The minimum atomic E-state index is 0.866. The van der Waals surface area contributed by atoms with Crippen LogP contribution in [0.4, 0.5) is 0 Å².